The number of fused-ring (bicyclic) bond motifs is 7. The van der Waals surface area contributed by atoms with Crippen molar-refractivity contribution < 1.29 is 0 Å². The van der Waals surface area contributed by atoms with Gasteiger partial charge in [-0.2, -0.15) is 9.97 Å². The average Bonchev–Trinajstić information content (AvgIpc) is 3.74. The van der Waals surface area contributed by atoms with Gasteiger partial charge in [-0.25, -0.2) is 4.98 Å². The van der Waals surface area contributed by atoms with Crippen molar-refractivity contribution in [1.29, 1.82) is 0 Å². The van der Waals surface area contributed by atoms with Gasteiger partial charge >= 0.3 is 0 Å². The van der Waals surface area contributed by atoms with Gasteiger partial charge < -0.3 is 0 Å². The number of hydrogen-bond acceptors (Lipinski definition) is 4. The Balaban J connectivity index is 1.27. The van der Waals surface area contributed by atoms with Crippen LogP contribution in [0, 0.1) is 0 Å². The Bertz CT molecular complexity index is 2840. The normalized spacial score (nSPS) is 11.6. The van der Waals surface area contributed by atoms with Crippen LogP contribution in [0.3, 0.4) is 0 Å². The van der Waals surface area contributed by atoms with Crippen molar-refractivity contribution in [2.75, 3.05) is 0 Å². The van der Waals surface area contributed by atoms with Gasteiger partial charge in [0.1, 0.15) is 0 Å². The molecule has 3 aromatic heterocycles. The van der Waals surface area contributed by atoms with E-state index in [1.165, 1.54) is 42.2 Å². The molecule has 0 radical (unpaired) electrons. The Kier molecular flexibility index (Phi) is 6.64. The fraction of sp³-hybridized carbons (Fsp3) is 0. The Labute approximate surface area is 292 Å². The molecule has 10 rings (SSSR count). The van der Waals surface area contributed by atoms with Gasteiger partial charge in [-0.15, -0.1) is 11.3 Å². The van der Waals surface area contributed by atoms with Gasteiger partial charge in [-0.05, 0) is 46.5 Å². The fourth-order valence-electron chi connectivity index (χ4n) is 7.09. The van der Waals surface area contributed by atoms with Gasteiger partial charge in [0.05, 0.1) is 11.0 Å². The van der Waals surface area contributed by atoms with Crippen molar-refractivity contribution in [3.8, 4) is 51.0 Å². The zero-order valence-electron chi connectivity index (χ0n) is 26.9. The fourth-order valence-corrected chi connectivity index (χ4v) is 8.19. The predicted octanol–water partition coefficient (Wildman–Crippen LogP) is 12.0. The van der Waals surface area contributed by atoms with Gasteiger partial charge in [-0.1, -0.05) is 146 Å². The third-order valence-electron chi connectivity index (χ3n) is 9.48. The van der Waals surface area contributed by atoms with Crippen molar-refractivity contribution >= 4 is 53.3 Å². The van der Waals surface area contributed by atoms with Crippen LogP contribution in [0.25, 0.3) is 93.0 Å². The van der Waals surface area contributed by atoms with Crippen LogP contribution in [-0.2, 0) is 0 Å². The summed E-state index contributed by atoms with van der Waals surface area (Å²) in [5.41, 5.74) is 8.72. The molecule has 10 aromatic rings. The number of thiophene rings is 1. The van der Waals surface area contributed by atoms with E-state index in [1.807, 2.05) is 35.6 Å². The zero-order chi connectivity index (χ0) is 33.0. The summed E-state index contributed by atoms with van der Waals surface area (Å²) in [7, 11) is 0. The molecule has 0 unspecified atom stereocenters. The molecule has 0 fully saturated rings. The highest BCUT2D eigenvalue weighted by molar-refractivity contribution is 7.26. The molecule has 7 aromatic carbocycles. The monoisotopic (exact) mass is 656 g/mol. The smallest absolute Gasteiger partial charge is 0.238 e. The summed E-state index contributed by atoms with van der Waals surface area (Å²) < 4.78 is 4.76. The summed E-state index contributed by atoms with van der Waals surface area (Å²) in [6.45, 7) is 0. The Hall–Kier alpha value is -6.43. The molecule has 0 aliphatic carbocycles. The van der Waals surface area contributed by atoms with E-state index in [-0.39, 0.29) is 0 Å². The van der Waals surface area contributed by atoms with E-state index >= 15 is 0 Å². The van der Waals surface area contributed by atoms with Gasteiger partial charge in [-0.3, -0.25) is 4.57 Å². The molecular weight excluding hydrogens is 629 g/mol. The van der Waals surface area contributed by atoms with Crippen molar-refractivity contribution in [1.82, 2.24) is 19.5 Å². The van der Waals surface area contributed by atoms with Crippen molar-refractivity contribution in [2.24, 2.45) is 0 Å². The summed E-state index contributed by atoms with van der Waals surface area (Å²) >= 11 is 1.82. The number of rotatable bonds is 5. The summed E-state index contributed by atoms with van der Waals surface area (Å²) in [6, 6.07) is 59.7. The highest BCUT2D eigenvalue weighted by atomic mass is 32.1. The lowest BCUT2D eigenvalue weighted by molar-refractivity contribution is 0.955. The number of nitrogens with zero attached hydrogens (tertiary/aromatic N) is 4. The molecule has 0 saturated heterocycles. The van der Waals surface area contributed by atoms with Crippen molar-refractivity contribution in [3.05, 3.63) is 170 Å². The second-order valence-corrected chi connectivity index (χ2v) is 13.5. The summed E-state index contributed by atoms with van der Waals surface area (Å²) in [4.78, 5) is 15.6. The average molecular weight is 657 g/mol. The lowest BCUT2D eigenvalue weighted by Crippen LogP contribution is -2.06. The topological polar surface area (TPSA) is 43.6 Å². The number of hydrogen-bond donors (Lipinski definition) is 0. The SMILES string of the molecule is c1ccc(-c2ccc(-c3nc(-c4ccccc4)nc(-n4c5ccc(-c6ccccc6)cc5c5ccc6sc7ccccc7c6c54)n3)cc2)cc1. The standard InChI is InChI=1S/C45H28N4S/c1-4-12-29(13-5-1)31-20-22-33(23-21-31)44-46-43(32-16-8-3-9-17-32)47-45(48-44)49-38-26-24-34(30-14-6-2-7-15-30)28-37(38)35-25-27-40-41(42(35)49)36-18-10-11-19-39(36)50-40/h1-28H. The van der Waals surface area contributed by atoms with Crippen LogP contribution >= 0.6 is 11.3 Å². The first-order valence-corrected chi connectivity index (χ1v) is 17.5. The predicted molar refractivity (Wildman–Crippen MR) is 209 cm³/mol. The highest BCUT2D eigenvalue weighted by Gasteiger charge is 2.22. The second kappa shape index (κ2) is 11.6. The minimum atomic E-state index is 0.594. The van der Waals surface area contributed by atoms with Crippen LogP contribution in [0.1, 0.15) is 0 Å². The maximum atomic E-state index is 5.27. The first kappa shape index (κ1) is 28.6. The molecule has 0 bridgehead atoms. The van der Waals surface area contributed by atoms with Gasteiger partial charge in [0, 0.05) is 42.1 Å². The molecule has 0 amide bonds. The molecule has 4 nitrogen and oxygen atoms in total. The van der Waals surface area contributed by atoms with Crippen molar-refractivity contribution in [3.63, 3.8) is 0 Å². The zero-order valence-corrected chi connectivity index (χ0v) is 27.7. The van der Waals surface area contributed by atoms with Crippen molar-refractivity contribution in [2.45, 2.75) is 0 Å². The van der Waals surface area contributed by atoms with Crippen LogP contribution in [-0.4, -0.2) is 19.5 Å². The molecular formula is C45H28N4S. The molecule has 234 valence electrons. The minimum Gasteiger partial charge on any atom is -0.277 e. The first-order chi connectivity index (χ1) is 24.8. The number of aromatic nitrogens is 4. The van der Waals surface area contributed by atoms with Crippen LogP contribution in [0.5, 0.6) is 0 Å². The highest BCUT2D eigenvalue weighted by Crippen LogP contribution is 2.43. The van der Waals surface area contributed by atoms with E-state index in [0.29, 0.717) is 17.6 Å². The summed E-state index contributed by atoms with van der Waals surface area (Å²) in [6.07, 6.45) is 0. The first-order valence-electron chi connectivity index (χ1n) is 16.7. The van der Waals surface area contributed by atoms with E-state index in [2.05, 4.69) is 150 Å². The third-order valence-corrected chi connectivity index (χ3v) is 10.6. The van der Waals surface area contributed by atoms with Crippen LogP contribution in [0.2, 0.25) is 0 Å². The number of benzene rings is 7. The Morgan fingerprint density at radius 1 is 0.380 bits per heavy atom. The molecule has 3 heterocycles. The van der Waals surface area contributed by atoms with Gasteiger partial charge in [0.2, 0.25) is 5.95 Å². The third kappa shape index (κ3) is 4.71. The maximum absolute atomic E-state index is 5.27. The van der Waals surface area contributed by atoms with E-state index in [9.17, 15) is 0 Å². The summed E-state index contributed by atoms with van der Waals surface area (Å²) in [5, 5.41) is 4.79. The maximum Gasteiger partial charge on any atom is 0.238 e. The molecule has 5 heteroatoms. The van der Waals surface area contributed by atoms with E-state index < -0.39 is 0 Å². The Morgan fingerprint density at radius 2 is 0.920 bits per heavy atom. The molecule has 0 saturated carbocycles. The molecule has 0 aliphatic heterocycles. The minimum absolute atomic E-state index is 0.594. The van der Waals surface area contributed by atoms with Gasteiger partial charge in [0.15, 0.2) is 11.6 Å². The molecule has 0 atom stereocenters. The molecule has 50 heavy (non-hydrogen) atoms. The lowest BCUT2D eigenvalue weighted by atomic mass is 10.0. The van der Waals surface area contributed by atoms with Crippen LogP contribution in [0.4, 0.5) is 0 Å². The Morgan fingerprint density at radius 3 is 1.62 bits per heavy atom. The largest absolute Gasteiger partial charge is 0.277 e. The van der Waals surface area contributed by atoms with Gasteiger partial charge in [0.25, 0.3) is 0 Å². The molecule has 0 spiro atoms. The van der Waals surface area contributed by atoms with E-state index in [4.69, 9.17) is 15.0 Å². The molecule has 0 N–H and O–H groups in total. The van der Waals surface area contributed by atoms with Crippen LogP contribution < -0.4 is 0 Å². The van der Waals surface area contributed by atoms with Crippen LogP contribution in [0.15, 0.2) is 170 Å². The molecule has 0 aliphatic rings. The van der Waals surface area contributed by atoms with E-state index in [1.54, 1.807) is 0 Å². The van der Waals surface area contributed by atoms with E-state index in [0.717, 1.165) is 33.1 Å². The quantitative estimate of drug-likeness (QED) is 0.185. The second-order valence-electron chi connectivity index (χ2n) is 12.5. The summed E-state index contributed by atoms with van der Waals surface area (Å²) in [5.74, 6) is 1.86. The lowest BCUT2D eigenvalue weighted by Gasteiger charge is -2.12.